The molecule has 0 radical (unpaired) electrons. The lowest BCUT2D eigenvalue weighted by Gasteiger charge is -2.21. The highest BCUT2D eigenvalue weighted by molar-refractivity contribution is 7.14. The van der Waals surface area contributed by atoms with Gasteiger partial charge in [-0.2, -0.15) is 0 Å². The van der Waals surface area contributed by atoms with Crippen molar-refractivity contribution in [3.05, 3.63) is 9.85 Å². The number of thiazole rings is 1. The second kappa shape index (κ2) is 4.96. The summed E-state index contributed by atoms with van der Waals surface area (Å²) in [6, 6.07) is 0. The van der Waals surface area contributed by atoms with Crippen LogP contribution in [0.1, 0.15) is 12.8 Å². The van der Waals surface area contributed by atoms with Gasteiger partial charge in [0, 0.05) is 18.5 Å². The Labute approximate surface area is 92.4 Å². The van der Waals surface area contributed by atoms with Crippen molar-refractivity contribution in [1.82, 2.24) is 4.98 Å². The van der Waals surface area contributed by atoms with E-state index in [2.05, 4.69) is 10.3 Å². The van der Waals surface area contributed by atoms with Crippen LogP contribution in [-0.4, -0.2) is 24.7 Å². The smallest absolute Gasteiger partial charge is 0.185 e. The molecule has 1 unspecified atom stereocenters. The van der Waals surface area contributed by atoms with Gasteiger partial charge in [-0.1, -0.05) is 11.6 Å². The molecule has 1 atom stereocenters. The summed E-state index contributed by atoms with van der Waals surface area (Å²) in [5.74, 6) is 1.50. The normalized spacial score (nSPS) is 22.2. The monoisotopic (exact) mass is 232 g/mol. The minimum absolute atomic E-state index is 0.590. The maximum absolute atomic E-state index is 5.72. The molecule has 0 aromatic carbocycles. The number of nitrogens with one attached hydrogen (secondary N) is 1. The third-order valence-electron chi connectivity index (χ3n) is 2.30. The fourth-order valence-electron chi connectivity index (χ4n) is 1.55. The van der Waals surface area contributed by atoms with Gasteiger partial charge in [-0.25, -0.2) is 4.98 Å². The molecule has 0 saturated carbocycles. The average molecular weight is 233 g/mol. The van der Waals surface area contributed by atoms with Gasteiger partial charge in [0.05, 0.1) is 6.61 Å². The number of halogens is 1. The first kappa shape index (κ1) is 10.2. The van der Waals surface area contributed by atoms with E-state index in [4.69, 9.17) is 16.3 Å². The Morgan fingerprint density at radius 2 is 2.64 bits per heavy atom. The van der Waals surface area contributed by atoms with E-state index in [1.54, 1.807) is 0 Å². The molecular weight excluding hydrogens is 220 g/mol. The third kappa shape index (κ3) is 2.83. The summed E-state index contributed by atoms with van der Waals surface area (Å²) in [6.45, 7) is 2.71. The number of aromatic nitrogens is 1. The highest BCUT2D eigenvalue weighted by atomic mass is 35.5. The van der Waals surface area contributed by atoms with Crippen molar-refractivity contribution in [1.29, 1.82) is 0 Å². The van der Waals surface area contributed by atoms with E-state index < -0.39 is 0 Å². The molecule has 1 aliphatic rings. The maximum atomic E-state index is 5.72. The van der Waals surface area contributed by atoms with Gasteiger partial charge in [-0.15, -0.1) is 11.3 Å². The van der Waals surface area contributed by atoms with Crippen LogP contribution in [0.5, 0.6) is 0 Å². The number of rotatable bonds is 3. The zero-order valence-corrected chi connectivity index (χ0v) is 9.40. The summed E-state index contributed by atoms with van der Waals surface area (Å²) in [4.78, 5) is 4.13. The first-order valence-corrected chi connectivity index (χ1v) is 6.03. The number of ether oxygens (including phenoxy) is 1. The van der Waals surface area contributed by atoms with E-state index >= 15 is 0 Å². The molecule has 78 valence electrons. The minimum atomic E-state index is 0.590. The lowest BCUT2D eigenvalue weighted by atomic mass is 10.0. The number of hydrogen-bond acceptors (Lipinski definition) is 4. The molecule has 1 aliphatic heterocycles. The Bertz CT molecular complexity index is 286. The molecule has 0 aliphatic carbocycles. The van der Waals surface area contributed by atoms with E-state index in [1.807, 2.05) is 5.38 Å². The van der Waals surface area contributed by atoms with Gasteiger partial charge < -0.3 is 10.1 Å². The van der Waals surface area contributed by atoms with Crippen LogP contribution in [0.15, 0.2) is 5.38 Å². The van der Waals surface area contributed by atoms with Crippen LogP contribution >= 0.6 is 22.9 Å². The lowest BCUT2D eigenvalue weighted by molar-refractivity contribution is 0.0595. The Morgan fingerprint density at radius 1 is 1.71 bits per heavy atom. The van der Waals surface area contributed by atoms with Gasteiger partial charge in [-0.05, 0) is 18.8 Å². The second-order valence-corrected chi connectivity index (χ2v) is 4.89. The van der Waals surface area contributed by atoms with Gasteiger partial charge in [0.15, 0.2) is 4.47 Å². The van der Waals surface area contributed by atoms with Gasteiger partial charge in [0.1, 0.15) is 5.82 Å². The zero-order chi connectivity index (χ0) is 9.80. The summed E-state index contributed by atoms with van der Waals surface area (Å²) in [5.41, 5.74) is 0. The topological polar surface area (TPSA) is 34.2 Å². The first-order valence-electron chi connectivity index (χ1n) is 4.77. The number of hydrogen-bond donors (Lipinski definition) is 1. The van der Waals surface area contributed by atoms with Crippen molar-refractivity contribution in [3.63, 3.8) is 0 Å². The van der Waals surface area contributed by atoms with E-state index in [0.29, 0.717) is 10.4 Å². The van der Waals surface area contributed by atoms with Gasteiger partial charge >= 0.3 is 0 Å². The molecule has 2 heterocycles. The van der Waals surface area contributed by atoms with Crippen LogP contribution in [0.25, 0.3) is 0 Å². The molecule has 2 rings (SSSR count). The highest BCUT2D eigenvalue weighted by Crippen LogP contribution is 2.20. The van der Waals surface area contributed by atoms with Crippen molar-refractivity contribution in [2.45, 2.75) is 12.8 Å². The van der Waals surface area contributed by atoms with Crippen molar-refractivity contribution < 1.29 is 4.74 Å². The standard InChI is InChI=1S/C9H13ClN2OS/c10-9-12-8(6-14-9)11-4-7-2-1-3-13-5-7/h6-7,11H,1-5H2. The lowest BCUT2D eigenvalue weighted by Crippen LogP contribution is -2.24. The van der Waals surface area contributed by atoms with Crippen LogP contribution in [0.2, 0.25) is 4.47 Å². The third-order valence-corrected chi connectivity index (χ3v) is 3.28. The largest absolute Gasteiger partial charge is 0.381 e. The van der Waals surface area contributed by atoms with Crippen molar-refractivity contribution in [3.8, 4) is 0 Å². The van der Waals surface area contributed by atoms with Crippen LogP contribution in [0, 0.1) is 5.92 Å². The van der Waals surface area contributed by atoms with Gasteiger partial charge in [0.2, 0.25) is 0 Å². The predicted octanol–water partition coefficient (Wildman–Crippen LogP) is 2.64. The Kier molecular flexibility index (Phi) is 3.61. The van der Waals surface area contributed by atoms with E-state index in [9.17, 15) is 0 Å². The molecule has 1 aromatic rings. The summed E-state index contributed by atoms with van der Waals surface area (Å²) >= 11 is 7.18. The quantitative estimate of drug-likeness (QED) is 0.870. The second-order valence-electron chi connectivity index (χ2n) is 3.45. The summed E-state index contributed by atoms with van der Waals surface area (Å²) in [6.07, 6.45) is 2.41. The summed E-state index contributed by atoms with van der Waals surface area (Å²) < 4.78 is 5.98. The molecule has 3 nitrogen and oxygen atoms in total. The number of anilines is 1. The van der Waals surface area contributed by atoms with E-state index in [0.717, 1.165) is 25.6 Å². The van der Waals surface area contributed by atoms with Crippen LogP contribution in [0.3, 0.4) is 0 Å². The predicted molar refractivity (Wildman–Crippen MR) is 59.2 cm³/mol. The minimum Gasteiger partial charge on any atom is -0.381 e. The summed E-state index contributed by atoms with van der Waals surface area (Å²) in [5, 5.41) is 5.21. The Balaban J connectivity index is 1.76. The van der Waals surface area contributed by atoms with E-state index in [-0.39, 0.29) is 0 Å². The summed E-state index contributed by atoms with van der Waals surface area (Å²) in [7, 11) is 0. The molecule has 0 amide bonds. The van der Waals surface area contributed by atoms with Gasteiger partial charge in [0.25, 0.3) is 0 Å². The molecule has 1 aromatic heterocycles. The molecule has 0 bridgehead atoms. The van der Waals surface area contributed by atoms with Gasteiger partial charge in [-0.3, -0.25) is 0 Å². The van der Waals surface area contributed by atoms with Crippen LogP contribution in [0.4, 0.5) is 5.82 Å². The molecular formula is C9H13ClN2OS. The molecule has 1 N–H and O–H groups in total. The van der Waals surface area contributed by atoms with Crippen molar-refractivity contribution >= 4 is 28.8 Å². The Morgan fingerprint density at radius 3 is 3.29 bits per heavy atom. The fourth-order valence-corrected chi connectivity index (χ4v) is 2.27. The average Bonchev–Trinajstić information content (AvgIpc) is 2.63. The Hall–Kier alpha value is -0.320. The SMILES string of the molecule is Clc1nc(NCC2CCCOC2)cs1. The van der Waals surface area contributed by atoms with Crippen LogP contribution in [-0.2, 0) is 4.74 Å². The van der Waals surface area contributed by atoms with Crippen molar-refractivity contribution in [2.75, 3.05) is 25.1 Å². The molecule has 1 fully saturated rings. The highest BCUT2D eigenvalue weighted by Gasteiger charge is 2.13. The molecule has 0 spiro atoms. The molecule has 1 saturated heterocycles. The van der Waals surface area contributed by atoms with Crippen LogP contribution < -0.4 is 5.32 Å². The fraction of sp³-hybridized carbons (Fsp3) is 0.667. The zero-order valence-electron chi connectivity index (χ0n) is 7.83. The number of nitrogens with zero attached hydrogens (tertiary/aromatic N) is 1. The van der Waals surface area contributed by atoms with E-state index in [1.165, 1.54) is 24.2 Å². The molecule has 5 heteroatoms. The molecule has 14 heavy (non-hydrogen) atoms. The van der Waals surface area contributed by atoms with Crippen molar-refractivity contribution in [2.24, 2.45) is 5.92 Å². The first-order chi connectivity index (χ1) is 6.84. The maximum Gasteiger partial charge on any atom is 0.185 e.